The van der Waals surface area contributed by atoms with Crippen LogP contribution in [0.4, 0.5) is 0 Å². The van der Waals surface area contributed by atoms with Crippen LogP contribution in [0.15, 0.2) is 45.7 Å². The molecule has 0 bridgehead atoms. The van der Waals surface area contributed by atoms with Gasteiger partial charge in [-0.05, 0) is 26.0 Å². The average molecular weight is 356 g/mol. The Morgan fingerprint density at radius 2 is 2.08 bits per heavy atom. The third-order valence-corrected chi connectivity index (χ3v) is 5.87. The lowest BCUT2D eigenvalue weighted by Crippen LogP contribution is -2.14. The molecule has 4 rings (SSSR count). The van der Waals surface area contributed by atoms with Gasteiger partial charge in [-0.1, -0.05) is 23.9 Å². The van der Waals surface area contributed by atoms with Gasteiger partial charge in [0.2, 0.25) is 0 Å². The Labute approximate surface area is 147 Å². The van der Waals surface area contributed by atoms with Gasteiger partial charge in [0.05, 0.1) is 16.7 Å². The van der Waals surface area contributed by atoms with Crippen molar-refractivity contribution in [1.82, 2.24) is 18.9 Å². The molecule has 4 aromatic rings. The summed E-state index contributed by atoms with van der Waals surface area (Å²) in [5.41, 5.74) is 3.85. The predicted molar refractivity (Wildman–Crippen MR) is 99.0 cm³/mol. The van der Waals surface area contributed by atoms with Crippen molar-refractivity contribution in [3.63, 3.8) is 0 Å². The number of rotatable bonds is 4. The average Bonchev–Trinajstić information content (AvgIpc) is 3.13. The van der Waals surface area contributed by atoms with Crippen LogP contribution in [0.2, 0.25) is 0 Å². The van der Waals surface area contributed by atoms with Crippen molar-refractivity contribution < 1.29 is 0 Å². The minimum absolute atomic E-state index is 0.0154. The van der Waals surface area contributed by atoms with Crippen LogP contribution in [0.3, 0.4) is 0 Å². The van der Waals surface area contributed by atoms with Gasteiger partial charge in [0.25, 0.3) is 5.56 Å². The zero-order chi connectivity index (χ0) is 16.7. The second kappa shape index (κ2) is 6.07. The molecular weight excluding hydrogens is 340 g/mol. The van der Waals surface area contributed by atoms with E-state index < -0.39 is 0 Å². The second-order valence-corrected chi connectivity index (χ2v) is 7.28. The molecule has 1 aromatic carbocycles. The van der Waals surface area contributed by atoms with Crippen LogP contribution in [-0.2, 0) is 12.3 Å². The van der Waals surface area contributed by atoms with E-state index >= 15 is 0 Å². The largest absolute Gasteiger partial charge is 0.319 e. The normalized spacial score (nSPS) is 11.6. The number of aromatic nitrogens is 4. The van der Waals surface area contributed by atoms with Crippen LogP contribution in [0.1, 0.15) is 18.3 Å². The van der Waals surface area contributed by atoms with E-state index in [1.165, 1.54) is 11.3 Å². The molecule has 24 heavy (non-hydrogen) atoms. The summed E-state index contributed by atoms with van der Waals surface area (Å²) in [7, 11) is 0. The lowest BCUT2D eigenvalue weighted by Gasteiger charge is -2.05. The van der Waals surface area contributed by atoms with Crippen molar-refractivity contribution in [2.45, 2.75) is 31.3 Å². The van der Waals surface area contributed by atoms with Crippen LogP contribution >= 0.6 is 23.1 Å². The summed E-state index contributed by atoms with van der Waals surface area (Å²) in [6, 6.07) is 9.76. The summed E-state index contributed by atoms with van der Waals surface area (Å²) in [5, 5.41) is 2.92. The summed E-state index contributed by atoms with van der Waals surface area (Å²) in [4.78, 5) is 22.3. The highest BCUT2D eigenvalue weighted by molar-refractivity contribution is 7.98. The van der Waals surface area contributed by atoms with Gasteiger partial charge in [0.15, 0.2) is 10.1 Å². The van der Waals surface area contributed by atoms with Gasteiger partial charge in [-0.3, -0.25) is 9.20 Å². The fourth-order valence-corrected chi connectivity index (χ4v) is 4.64. The van der Waals surface area contributed by atoms with Gasteiger partial charge in [-0.15, -0.1) is 11.3 Å². The summed E-state index contributed by atoms with van der Waals surface area (Å²) < 4.78 is 3.85. The fourth-order valence-electron chi connectivity index (χ4n) is 2.78. The highest BCUT2D eigenvalue weighted by atomic mass is 32.2. The third-order valence-electron chi connectivity index (χ3n) is 3.91. The van der Waals surface area contributed by atoms with Crippen molar-refractivity contribution in [3.8, 4) is 0 Å². The number of hydrogen-bond donors (Lipinski definition) is 0. The SMILES string of the molecule is CCn1c(SCc2cc(=O)n3c(C)csc3n2)nc2ccccc21. The number of thiazole rings is 1. The fraction of sp³-hybridized carbons (Fsp3) is 0.235. The maximum Gasteiger partial charge on any atom is 0.258 e. The number of imidazole rings is 1. The monoisotopic (exact) mass is 356 g/mol. The molecule has 0 fully saturated rings. The first kappa shape index (κ1) is 15.4. The van der Waals surface area contributed by atoms with E-state index in [1.54, 1.807) is 22.2 Å². The molecule has 0 aliphatic heterocycles. The Balaban J connectivity index is 1.67. The van der Waals surface area contributed by atoms with Crippen molar-refractivity contribution >= 4 is 39.1 Å². The van der Waals surface area contributed by atoms with E-state index in [0.29, 0.717) is 5.75 Å². The number of thioether (sulfide) groups is 1. The zero-order valence-electron chi connectivity index (χ0n) is 13.4. The molecule has 0 aliphatic carbocycles. The van der Waals surface area contributed by atoms with E-state index in [2.05, 4.69) is 22.5 Å². The number of benzene rings is 1. The molecule has 0 saturated heterocycles. The number of fused-ring (bicyclic) bond motifs is 2. The van der Waals surface area contributed by atoms with E-state index in [1.807, 2.05) is 30.5 Å². The van der Waals surface area contributed by atoms with Crippen molar-refractivity contribution in [2.75, 3.05) is 0 Å². The second-order valence-electron chi connectivity index (χ2n) is 5.50. The number of hydrogen-bond acceptors (Lipinski definition) is 5. The van der Waals surface area contributed by atoms with Crippen molar-refractivity contribution in [3.05, 3.63) is 57.5 Å². The molecule has 0 spiro atoms. The lowest BCUT2D eigenvalue weighted by molar-refractivity contribution is 0.702. The molecule has 122 valence electrons. The molecule has 3 aromatic heterocycles. The van der Waals surface area contributed by atoms with E-state index in [-0.39, 0.29) is 5.56 Å². The Bertz CT molecular complexity index is 1090. The topological polar surface area (TPSA) is 52.2 Å². The maximum absolute atomic E-state index is 12.3. The summed E-state index contributed by atoms with van der Waals surface area (Å²) in [6.45, 7) is 4.90. The number of para-hydroxylation sites is 2. The van der Waals surface area contributed by atoms with Crippen LogP contribution in [-0.4, -0.2) is 18.9 Å². The number of aryl methyl sites for hydroxylation is 2. The molecule has 5 nitrogen and oxygen atoms in total. The Morgan fingerprint density at radius 1 is 1.25 bits per heavy atom. The molecule has 0 saturated carbocycles. The summed E-state index contributed by atoms with van der Waals surface area (Å²) in [6.07, 6.45) is 0. The molecule has 0 aliphatic rings. The van der Waals surface area contributed by atoms with E-state index in [0.717, 1.165) is 39.1 Å². The van der Waals surface area contributed by atoms with Gasteiger partial charge in [0, 0.05) is 29.4 Å². The molecule has 3 heterocycles. The lowest BCUT2D eigenvalue weighted by atomic mass is 10.3. The number of nitrogens with zero attached hydrogens (tertiary/aromatic N) is 4. The predicted octanol–water partition coefficient (Wildman–Crippen LogP) is 3.73. The minimum Gasteiger partial charge on any atom is -0.319 e. The van der Waals surface area contributed by atoms with Gasteiger partial charge >= 0.3 is 0 Å². The molecule has 0 amide bonds. The minimum atomic E-state index is -0.0154. The summed E-state index contributed by atoms with van der Waals surface area (Å²) in [5.74, 6) is 0.631. The Morgan fingerprint density at radius 3 is 2.92 bits per heavy atom. The molecule has 0 atom stereocenters. The van der Waals surface area contributed by atoms with Crippen LogP contribution in [0, 0.1) is 6.92 Å². The summed E-state index contributed by atoms with van der Waals surface area (Å²) >= 11 is 3.12. The molecule has 0 unspecified atom stereocenters. The third kappa shape index (κ3) is 2.53. The van der Waals surface area contributed by atoms with Gasteiger partial charge in [-0.25, -0.2) is 9.97 Å². The van der Waals surface area contributed by atoms with Crippen LogP contribution in [0.25, 0.3) is 16.0 Å². The van der Waals surface area contributed by atoms with Gasteiger partial charge in [-0.2, -0.15) is 0 Å². The zero-order valence-corrected chi connectivity index (χ0v) is 15.0. The van der Waals surface area contributed by atoms with Gasteiger partial charge < -0.3 is 4.57 Å². The van der Waals surface area contributed by atoms with E-state index in [9.17, 15) is 4.79 Å². The molecule has 0 radical (unpaired) electrons. The quantitative estimate of drug-likeness (QED) is 0.523. The highest BCUT2D eigenvalue weighted by Crippen LogP contribution is 2.26. The van der Waals surface area contributed by atoms with Crippen LogP contribution < -0.4 is 5.56 Å². The first-order valence-corrected chi connectivity index (χ1v) is 9.58. The van der Waals surface area contributed by atoms with E-state index in [4.69, 9.17) is 4.98 Å². The maximum atomic E-state index is 12.3. The van der Waals surface area contributed by atoms with Crippen molar-refractivity contribution in [1.29, 1.82) is 0 Å². The first-order valence-electron chi connectivity index (χ1n) is 7.72. The van der Waals surface area contributed by atoms with Crippen molar-refractivity contribution in [2.24, 2.45) is 0 Å². The molecular formula is C17H16N4OS2. The van der Waals surface area contributed by atoms with Crippen LogP contribution in [0.5, 0.6) is 0 Å². The Hall–Kier alpha value is -2.12. The molecule has 0 N–H and O–H groups in total. The highest BCUT2D eigenvalue weighted by Gasteiger charge is 2.11. The molecule has 7 heteroatoms. The van der Waals surface area contributed by atoms with Gasteiger partial charge in [0.1, 0.15) is 0 Å². The first-order chi connectivity index (χ1) is 11.7. The Kier molecular flexibility index (Phi) is 3.90. The smallest absolute Gasteiger partial charge is 0.258 e. The standard InChI is InChI=1S/C17H16N4OS2/c1-3-20-14-7-5-4-6-13(14)19-16(20)24-10-12-8-15(22)21-11(2)9-23-17(21)18-12/h4-9H,3,10H2,1-2H3.